The van der Waals surface area contributed by atoms with Crippen LogP contribution in [-0.2, 0) is 6.54 Å². The maximum absolute atomic E-state index is 12.4. The summed E-state index contributed by atoms with van der Waals surface area (Å²) in [4.78, 5) is 16.8. The summed E-state index contributed by atoms with van der Waals surface area (Å²) in [6, 6.07) is 11.9. The molecule has 0 radical (unpaired) electrons. The van der Waals surface area contributed by atoms with Crippen LogP contribution in [0.15, 0.2) is 48.8 Å². The van der Waals surface area contributed by atoms with Crippen LogP contribution in [0.3, 0.4) is 0 Å². The zero-order valence-electron chi connectivity index (χ0n) is 14.3. The molecule has 1 aliphatic rings. The number of nitrogens with zero attached hydrogens (tertiary/aromatic N) is 3. The van der Waals surface area contributed by atoms with Gasteiger partial charge >= 0.3 is 0 Å². The van der Waals surface area contributed by atoms with E-state index < -0.39 is 6.10 Å². The molecule has 1 fully saturated rings. The lowest BCUT2D eigenvalue weighted by atomic mass is 10.1. The molecule has 26 heavy (non-hydrogen) atoms. The van der Waals surface area contributed by atoms with E-state index in [-0.39, 0.29) is 11.8 Å². The molecule has 2 aromatic heterocycles. The summed E-state index contributed by atoms with van der Waals surface area (Å²) in [5.41, 5.74) is 2.39. The van der Waals surface area contributed by atoms with E-state index >= 15 is 0 Å². The molecule has 1 amide bonds. The van der Waals surface area contributed by atoms with Gasteiger partial charge in [-0.05, 0) is 11.6 Å². The number of nitrogens with one attached hydrogen (secondary N) is 2. The van der Waals surface area contributed by atoms with Gasteiger partial charge in [0.25, 0.3) is 5.91 Å². The number of carbonyl (C=O) groups excluding carboxylic acids is 1. The predicted octanol–water partition coefficient (Wildman–Crippen LogP) is 0.790. The average Bonchev–Trinajstić information content (AvgIpc) is 3.26. The second kappa shape index (κ2) is 7.23. The summed E-state index contributed by atoms with van der Waals surface area (Å²) in [5.74, 6) is -0.140. The van der Waals surface area contributed by atoms with Gasteiger partial charge in [0, 0.05) is 37.1 Å². The summed E-state index contributed by atoms with van der Waals surface area (Å²) in [5, 5.41) is 21.0. The van der Waals surface area contributed by atoms with Crippen LogP contribution in [0.4, 0.5) is 0 Å². The first-order valence-electron chi connectivity index (χ1n) is 8.73. The monoisotopic (exact) mass is 351 g/mol. The second-order valence-corrected chi connectivity index (χ2v) is 6.62. The van der Waals surface area contributed by atoms with Crippen molar-refractivity contribution in [1.29, 1.82) is 0 Å². The second-order valence-electron chi connectivity index (χ2n) is 6.62. The number of carbonyl (C=O) groups is 1. The van der Waals surface area contributed by atoms with Gasteiger partial charge in [0.15, 0.2) is 5.65 Å². The summed E-state index contributed by atoms with van der Waals surface area (Å²) >= 11 is 0. The number of fused-ring (bicyclic) bond motifs is 1. The van der Waals surface area contributed by atoms with Crippen LogP contribution in [0.5, 0.6) is 0 Å². The van der Waals surface area contributed by atoms with Gasteiger partial charge in [0.05, 0.1) is 24.4 Å². The number of pyridine rings is 1. The van der Waals surface area contributed by atoms with E-state index in [2.05, 4.69) is 20.7 Å². The molecule has 1 aliphatic heterocycles. The van der Waals surface area contributed by atoms with Crippen molar-refractivity contribution < 1.29 is 9.90 Å². The van der Waals surface area contributed by atoms with Crippen molar-refractivity contribution in [2.75, 3.05) is 19.6 Å². The van der Waals surface area contributed by atoms with Gasteiger partial charge in [0.2, 0.25) is 0 Å². The minimum atomic E-state index is -0.410. The van der Waals surface area contributed by atoms with E-state index in [4.69, 9.17) is 0 Å². The third-order valence-electron chi connectivity index (χ3n) is 4.74. The van der Waals surface area contributed by atoms with Gasteiger partial charge < -0.3 is 15.7 Å². The number of benzene rings is 1. The lowest BCUT2D eigenvalue weighted by Gasteiger charge is -2.14. The van der Waals surface area contributed by atoms with Crippen LogP contribution in [0, 0.1) is 5.92 Å². The lowest BCUT2D eigenvalue weighted by Crippen LogP contribution is -2.34. The van der Waals surface area contributed by atoms with Crippen molar-refractivity contribution in [2.45, 2.75) is 12.6 Å². The quantitative estimate of drug-likeness (QED) is 0.632. The first-order chi connectivity index (χ1) is 12.7. The van der Waals surface area contributed by atoms with Crippen molar-refractivity contribution in [3.05, 3.63) is 59.9 Å². The highest BCUT2D eigenvalue weighted by molar-refractivity contribution is 5.96. The SMILES string of the molecule is O=C(NCC1CNCC1O)c1cnc2c(cnn2Cc2ccccc2)c1. The largest absolute Gasteiger partial charge is 0.391 e. The maximum atomic E-state index is 12.4. The predicted molar refractivity (Wildman–Crippen MR) is 97.8 cm³/mol. The van der Waals surface area contributed by atoms with Gasteiger partial charge in [0.1, 0.15) is 0 Å². The molecule has 0 spiro atoms. The van der Waals surface area contributed by atoms with Crippen molar-refractivity contribution in [3.63, 3.8) is 0 Å². The Labute approximate surface area is 151 Å². The number of aromatic nitrogens is 3. The fraction of sp³-hybridized carbons (Fsp3) is 0.316. The molecule has 134 valence electrons. The van der Waals surface area contributed by atoms with Crippen molar-refractivity contribution >= 4 is 16.9 Å². The number of amides is 1. The van der Waals surface area contributed by atoms with E-state index in [9.17, 15) is 9.90 Å². The first kappa shape index (κ1) is 16.7. The van der Waals surface area contributed by atoms with Crippen LogP contribution in [0.1, 0.15) is 15.9 Å². The molecule has 3 aromatic rings. The van der Waals surface area contributed by atoms with E-state index in [0.29, 0.717) is 31.7 Å². The molecule has 7 nitrogen and oxygen atoms in total. The van der Waals surface area contributed by atoms with Gasteiger partial charge in [-0.25, -0.2) is 9.67 Å². The van der Waals surface area contributed by atoms with E-state index in [0.717, 1.165) is 16.6 Å². The van der Waals surface area contributed by atoms with Crippen LogP contribution in [0.25, 0.3) is 11.0 Å². The summed E-state index contributed by atoms with van der Waals surface area (Å²) in [6.45, 7) is 2.37. The highest BCUT2D eigenvalue weighted by Gasteiger charge is 2.25. The lowest BCUT2D eigenvalue weighted by molar-refractivity contribution is 0.0927. The molecule has 0 aliphatic carbocycles. The Balaban J connectivity index is 1.46. The standard InChI is InChI=1S/C19H21N5O2/c25-17-11-20-7-16(17)9-22-19(26)15-6-14-10-23-24(18(14)21-8-15)12-13-4-2-1-3-5-13/h1-6,8,10,16-17,20,25H,7,9,11-12H2,(H,22,26). The molecule has 0 bridgehead atoms. The normalized spacial score (nSPS) is 19.7. The van der Waals surface area contributed by atoms with Gasteiger partial charge in [-0.2, -0.15) is 5.10 Å². The molecule has 3 N–H and O–H groups in total. The molecular weight excluding hydrogens is 330 g/mol. The molecule has 3 heterocycles. The number of hydrogen-bond donors (Lipinski definition) is 3. The number of rotatable bonds is 5. The maximum Gasteiger partial charge on any atom is 0.252 e. The average molecular weight is 351 g/mol. The minimum Gasteiger partial charge on any atom is -0.391 e. The number of aliphatic hydroxyl groups is 1. The molecule has 7 heteroatoms. The first-order valence-corrected chi connectivity index (χ1v) is 8.73. The highest BCUT2D eigenvalue weighted by atomic mass is 16.3. The molecule has 1 saturated heterocycles. The van der Waals surface area contributed by atoms with Gasteiger partial charge in [-0.1, -0.05) is 30.3 Å². The third-order valence-corrected chi connectivity index (χ3v) is 4.74. The zero-order valence-corrected chi connectivity index (χ0v) is 14.3. The molecule has 2 atom stereocenters. The zero-order chi connectivity index (χ0) is 17.9. The Morgan fingerprint density at radius 3 is 2.88 bits per heavy atom. The van der Waals surface area contributed by atoms with Crippen LogP contribution in [0.2, 0.25) is 0 Å². The van der Waals surface area contributed by atoms with E-state index in [1.807, 2.05) is 35.0 Å². The molecule has 4 rings (SSSR count). The Kier molecular flexibility index (Phi) is 4.64. The number of aliphatic hydroxyl groups excluding tert-OH is 1. The summed E-state index contributed by atoms with van der Waals surface area (Å²) in [7, 11) is 0. The third kappa shape index (κ3) is 3.44. The molecular formula is C19H21N5O2. The van der Waals surface area contributed by atoms with E-state index in [1.165, 1.54) is 0 Å². The van der Waals surface area contributed by atoms with Crippen LogP contribution in [-0.4, -0.2) is 51.5 Å². The fourth-order valence-electron chi connectivity index (χ4n) is 3.22. The Bertz CT molecular complexity index is 909. The summed E-state index contributed by atoms with van der Waals surface area (Å²) in [6.07, 6.45) is 2.89. The van der Waals surface area contributed by atoms with Crippen molar-refractivity contribution in [3.8, 4) is 0 Å². The molecule has 2 unspecified atom stereocenters. The topological polar surface area (TPSA) is 92.1 Å². The smallest absolute Gasteiger partial charge is 0.252 e. The fourth-order valence-corrected chi connectivity index (χ4v) is 3.22. The number of β-amino-alcohol motifs (C(OH)–C–C–N with tert-alkyl or cyclic N) is 1. The van der Waals surface area contributed by atoms with E-state index in [1.54, 1.807) is 18.5 Å². The van der Waals surface area contributed by atoms with Crippen LogP contribution < -0.4 is 10.6 Å². The number of hydrogen-bond acceptors (Lipinski definition) is 5. The van der Waals surface area contributed by atoms with Crippen molar-refractivity contribution in [1.82, 2.24) is 25.4 Å². The van der Waals surface area contributed by atoms with Crippen LogP contribution >= 0.6 is 0 Å². The molecule has 1 aromatic carbocycles. The van der Waals surface area contributed by atoms with Gasteiger partial charge in [-0.3, -0.25) is 4.79 Å². The summed E-state index contributed by atoms with van der Waals surface area (Å²) < 4.78 is 1.83. The highest BCUT2D eigenvalue weighted by Crippen LogP contribution is 2.15. The van der Waals surface area contributed by atoms with Crippen molar-refractivity contribution in [2.24, 2.45) is 5.92 Å². The Hall–Kier alpha value is -2.77. The minimum absolute atomic E-state index is 0.0456. The Morgan fingerprint density at radius 2 is 2.12 bits per heavy atom. The Morgan fingerprint density at radius 1 is 1.27 bits per heavy atom. The van der Waals surface area contributed by atoms with Gasteiger partial charge in [-0.15, -0.1) is 0 Å². The molecule has 0 saturated carbocycles.